The van der Waals surface area contributed by atoms with Crippen LogP contribution in [0.25, 0.3) is 0 Å². The lowest BCUT2D eigenvalue weighted by atomic mass is 9.97. The van der Waals surface area contributed by atoms with Crippen LogP contribution in [0.15, 0.2) is 24.3 Å². The lowest BCUT2D eigenvalue weighted by molar-refractivity contribution is 0.143. The van der Waals surface area contributed by atoms with E-state index in [0.29, 0.717) is 5.92 Å². The van der Waals surface area contributed by atoms with E-state index in [4.69, 9.17) is 0 Å². The van der Waals surface area contributed by atoms with Gasteiger partial charge in [0.15, 0.2) is 0 Å². The van der Waals surface area contributed by atoms with Crippen molar-refractivity contribution in [2.45, 2.75) is 52.1 Å². The van der Waals surface area contributed by atoms with E-state index in [2.05, 4.69) is 69.2 Å². The molecule has 1 aromatic carbocycles. The maximum absolute atomic E-state index is 3.23. The van der Waals surface area contributed by atoms with Gasteiger partial charge in [-0.2, -0.15) is 0 Å². The Hall–Kier alpha value is -0.860. The topological polar surface area (TPSA) is 15.3 Å². The summed E-state index contributed by atoms with van der Waals surface area (Å²) in [5, 5.41) is 3.23. The average Bonchev–Trinajstić information content (AvgIpc) is 2.39. The van der Waals surface area contributed by atoms with Crippen LogP contribution in [0.4, 0.5) is 0 Å². The summed E-state index contributed by atoms with van der Waals surface area (Å²) in [4.78, 5) is 2.43. The van der Waals surface area contributed by atoms with Crippen LogP contribution < -0.4 is 5.32 Å². The molecule has 2 heteroatoms. The van der Waals surface area contributed by atoms with E-state index in [0.717, 1.165) is 13.1 Å². The van der Waals surface area contributed by atoms with Gasteiger partial charge in [-0.1, -0.05) is 38.1 Å². The smallest absolute Gasteiger partial charge is 0.0235 e. The Bertz CT molecular complexity index is 367. The zero-order valence-corrected chi connectivity index (χ0v) is 13.5. The molecule has 0 saturated heterocycles. The predicted molar refractivity (Wildman–Crippen MR) is 84.6 cm³/mol. The number of rotatable bonds is 7. The fraction of sp³-hybridized carbons (Fsp3) is 0.647. The van der Waals surface area contributed by atoms with Crippen molar-refractivity contribution in [2.24, 2.45) is 0 Å². The maximum Gasteiger partial charge on any atom is 0.0235 e. The number of nitrogens with zero attached hydrogens (tertiary/aromatic N) is 1. The van der Waals surface area contributed by atoms with Gasteiger partial charge in [-0.15, -0.1) is 0 Å². The normalized spacial score (nSPS) is 13.8. The first-order valence-electron chi connectivity index (χ1n) is 7.35. The molecule has 108 valence electrons. The van der Waals surface area contributed by atoms with Crippen LogP contribution in [0, 0.1) is 0 Å². The van der Waals surface area contributed by atoms with Crippen LogP contribution >= 0.6 is 0 Å². The molecule has 0 aliphatic heterocycles. The maximum atomic E-state index is 3.23. The van der Waals surface area contributed by atoms with E-state index < -0.39 is 0 Å². The SMILES string of the molecule is CCC(C)(C)N(C)Cc1ccc(C(C)CNC)cc1. The van der Waals surface area contributed by atoms with Gasteiger partial charge in [-0.05, 0) is 51.4 Å². The molecule has 0 radical (unpaired) electrons. The highest BCUT2D eigenvalue weighted by atomic mass is 15.2. The van der Waals surface area contributed by atoms with Gasteiger partial charge in [0, 0.05) is 18.6 Å². The second kappa shape index (κ2) is 7.06. The largest absolute Gasteiger partial charge is 0.319 e. The molecule has 1 unspecified atom stereocenters. The summed E-state index contributed by atoms with van der Waals surface area (Å²) in [6.07, 6.45) is 1.17. The molecule has 0 amide bonds. The molecule has 1 N–H and O–H groups in total. The minimum Gasteiger partial charge on any atom is -0.319 e. The van der Waals surface area contributed by atoms with E-state index >= 15 is 0 Å². The summed E-state index contributed by atoms with van der Waals surface area (Å²) in [6.45, 7) is 11.2. The quantitative estimate of drug-likeness (QED) is 0.807. The summed E-state index contributed by atoms with van der Waals surface area (Å²) in [6, 6.07) is 9.07. The molecule has 0 fully saturated rings. The highest BCUT2D eigenvalue weighted by Gasteiger charge is 2.20. The van der Waals surface area contributed by atoms with Gasteiger partial charge in [0.05, 0.1) is 0 Å². The van der Waals surface area contributed by atoms with E-state index in [9.17, 15) is 0 Å². The Kier molecular flexibility index (Phi) is 6.02. The third-order valence-electron chi connectivity index (χ3n) is 4.38. The first-order chi connectivity index (χ1) is 8.90. The number of likely N-dealkylation sites (N-methyl/N-ethyl adjacent to an activating group) is 1. The molecule has 0 spiro atoms. The van der Waals surface area contributed by atoms with E-state index in [1.165, 1.54) is 17.5 Å². The van der Waals surface area contributed by atoms with Crippen LogP contribution in [-0.2, 0) is 6.54 Å². The summed E-state index contributed by atoms with van der Waals surface area (Å²) in [5.74, 6) is 0.573. The summed E-state index contributed by atoms with van der Waals surface area (Å²) in [7, 11) is 4.22. The molecule has 0 aliphatic carbocycles. The van der Waals surface area contributed by atoms with Crippen LogP contribution in [0.3, 0.4) is 0 Å². The van der Waals surface area contributed by atoms with Crippen LogP contribution in [0.2, 0.25) is 0 Å². The fourth-order valence-electron chi connectivity index (χ4n) is 2.13. The number of nitrogens with one attached hydrogen (secondary N) is 1. The third kappa shape index (κ3) is 4.63. The van der Waals surface area contributed by atoms with Gasteiger partial charge < -0.3 is 5.32 Å². The second-order valence-corrected chi connectivity index (χ2v) is 6.22. The lowest BCUT2D eigenvalue weighted by Gasteiger charge is -2.34. The van der Waals surface area contributed by atoms with Crippen molar-refractivity contribution >= 4 is 0 Å². The van der Waals surface area contributed by atoms with Gasteiger partial charge in [0.2, 0.25) is 0 Å². The highest BCUT2D eigenvalue weighted by molar-refractivity contribution is 5.25. The van der Waals surface area contributed by atoms with Gasteiger partial charge in [-0.25, -0.2) is 0 Å². The van der Waals surface area contributed by atoms with Gasteiger partial charge in [0.1, 0.15) is 0 Å². The number of hydrogen-bond donors (Lipinski definition) is 1. The summed E-state index contributed by atoms with van der Waals surface area (Å²) < 4.78 is 0. The molecule has 0 bridgehead atoms. The zero-order chi connectivity index (χ0) is 14.5. The predicted octanol–water partition coefficient (Wildman–Crippen LogP) is 3.63. The zero-order valence-electron chi connectivity index (χ0n) is 13.5. The van der Waals surface area contributed by atoms with Crippen molar-refractivity contribution in [3.05, 3.63) is 35.4 Å². The second-order valence-electron chi connectivity index (χ2n) is 6.22. The fourth-order valence-corrected chi connectivity index (χ4v) is 2.13. The van der Waals surface area contributed by atoms with Gasteiger partial charge in [-0.3, -0.25) is 4.90 Å². The Labute approximate surface area is 119 Å². The highest BCUT2D eigenvalue weighted by Crippen LogP contribution is 2.20. The first kappa shape index (κ1) is 16.2. The minimum absolute atomic E-state index is 0.262. The number of hydrogen-bond acceptors (Lipinski definition) is 2. The molecule has 1 atom stereocenters. The molecule has 1 aromatic rings. The third-order valence-corrected chi connectivity index (χ3v) is 4.38. The molecular weight excluding hydrogens is 232 g/mol. The lowest BCUT2D eigenvalue weighted by Crippen LogP contribution is -2.39. The monoisotopic (exact) mass is 262 g/mol. The van der Waals surface area contributed by atoms with Crippen molar-refractivity contribution in [3.63, 3.8) is 0 Å². The Morgan fingerprint density at radius 1 is 1.21 bits per heavy atom. The van der Waals surface area contributed by atoms with Crippen molar-refractivity contribution in [1.82, 2.24) is 10.2 Å². The Morgan fingerprint density at radius 3 is 2.26 bits per heavy atom. The van der Waals surface area contributed by atoms with Crippen LogP contribution in [0.5, 0.6) is 0 Å². The van der Waals surface area contributed by atoms with Crippen molar-refractivity contribution in [2.75, 3.05) is 20.6 Å². The Morgan fingerprint density at radius 2 is 1.79 bits per heavy atom. The molecule has 0 aromatic heterocycles. The van der Waals surface area contributed by atoms with Crippen LogP contribution in [0.1, 0.15) is 51.2 Å². The van der Waals surface area contributed by atoms with Crippen molar-refractivity contribution < 1.29 is 0 Å². The average molecular weight is 262 g/mol. The van der Waals surface area contributed by atoms with Gasteiger partial charge in [0.25, 0.3) is 0 Å². The molecule has 19 heavy (non-hydrogen) atoms. The van der Waals surface area contributed by atoms with Crippen molar-refractivity contribution in [1.29, 1.82) is 0 Å². The standard InChI is InChI=1S/C17H30N2/c1-7-17(3,4)19(6)13-15-8-10-16(11-9-15)14(2)12-18-5/h8-11,14,18H,7,12-13H2,1-6H3. The van der Waals surface area contributed by atoms with E-state index in [1.807, 2.05) is 7.05 Å². The van der Waals surface area contributed by atoms with Crippen LogP contribution in [-0.4, -0.2) is 31.1 Å². The minimum atomic E-state index is 0.262. The molecule has 0 saturated carbocycles. The van der Waals surface area contributed by atoms with Crippen molar-refractivity contribution in [3.8, 4) is 0 Å². The Balaban J connectivity index is 2.67. The summed E-state index contributed by atoms with van der Waals surface area (Å²) in [5.41, 5.74) is 3.07. The molecule has 1 rings (SSSR count). The van der Waals surface area contributed by atoms with Gasteiger partial charge >= 0.3 is 0 Å². The summed E-state index contributed by atoms with van der Waals surface area (Å²) >= 11 is 0. The molecule has 2 nitrogen and oxygen atoms in total. The number of benzene rings is 1. The van der Waals surface area contributed by atoms with E-state index in [1.54, 1.807) is 0 Å². The first-order valence-corrected chi connectivity index (χ1v) is 7.35. The molecule has 0 aliphatic rings. The molecular formula is C17H30N2. The van der Waals surface area contributed by atoms with E-state index in [-0.39, 0.29) is 5.54 Å². The molecule has 0 heterocycles.